The number of thioether (sulfide) groups is 1. The van der Waals surface area contributed by atoms with Gasteiger partial charge in [0.2, 0.25) is 5.91 Å². The van der Waals surface area contributed by atoms with Crippen molar-refractivity contribution in [3.8, 4) is 5.75 Å². The van der Waals surface area contributed by atoms with Crippen LogP contribution in [0.25, 0.3) is 0 Å². The van der Waals surface area contributed by atoms with Crippen molar-refractivity contribution < 1.29 is 9.53 Å². The summed E-state index contributed by atoms with van der Waals surface area (Å²) < 4.78 is 8.54. The minimum absolute atomic E-state index is 0.133. The second-order valence-corrected chi connectivity index (χ2v) is 8.29. The fraction of sp³-hybridized carbons (Fsp3) is 0.211. The van der Waals surface area contributed by atoms with Crippen LogP contribution in [0.1, 0.15) is 11.4 Å². The number of amides is 1. The minimum Gasteiger partial charge on any atom is -0.486 e. The van der Waals surface area contributed by atoms with Crippen molar-refractivity contribution in [2.75, 3.05) is 11.1 Å². The van der Waals surface area contributed by atoms with Gasteiger partial charge in [0, 0.05) is 22.2 Å². The van der Waals surface area contributed by atoms with E-state index in [9.17, 15) is 4.79 Å². The Labute approximate surface area is 180 Å². The van der Waals surface area contributed by atoms with E-state index in [0.717, 1.165) is 15.8 Å². The van der Waals surface area contributed by atoms with E-state index in [1.54, 1.807) is 12.1 Å². The van der Waals surface area contributed by atoms with Crippen LogP contribution in [0.5, 0.6) is 5.75 Å². The lowest BCUT2D eigenvalue weighted by atomic mass is 10.2. The lowest BCUT2D eigenvalue weighted by Crippen LogP contribution is -2.15. The molecule has 2 aromatic carbocycles. The van der Waals surface area contributed by atoms with Gasteiger partial charge in [-0.1, -0.05) is 45.4 Å². The Kier molecular flexibility index (Phi) is 6.98. The van der Waals surface area contributed by atoms with Crippen molar-refractivity contribution >= 4 is 50.9 Å². The van der Waals surface area contributed by atoms with Crippen LogP contribution in [0.15, 0.2) is 52.1 Å². The number of carbonyl (C=O) groups is 1. The summed E-state index contributed by atoms with van der Waals surface area (Å²) in [7, 11) is 1.85. The van der Waals surface area contributed by atoms with Crippen LogP contribution in [-0.2, 0) is 18.4 Å². The summed E-state index contributed by atoms with van der Waals surface area (Å²) in [6, 6.07) is 13.0. The van der Waals surface area contributed by atoms with Gasteiger partial charge >= 0.3 is 0 Å². The number of hydrogen-bond acceptors (Lipinski definition) is 5. The maximum atomic E-state index is 12.2. The molecular weight excluding hydrogens is 464 g/mol. The molecule has 0 aliphatic heterocycles. The monoisotopic (exact) mass is 480 g/mol. The number of nitrogens with zero attached hydrogens (tertiary/aromatic N) is 3. The number of rotatable bonds is 7. The fourth-order valence-electron chi connectivity index (χ4n) is 2.32. The molecule has 146 valence electrons. The molecule has 1 heterocycles. The molecule has 0 fully saturated rings. The Balaban J connectivity index is 1.54. The number of benzene rings is 2. The standard InChI is InChI=1S/C19H18BrClN4O2S/c1-12-3-6-14(21)9-16(12)22-18(26)11-28-19-24-23-17(25(19)2)10-27-15-7-4-13(20)5-8-15/h3-9H,10-11H2,1-2H3,(H,22,26). The highest BCUT2D eigenvalue weighted by molar-refractivity contribution is 9.10. The van der Waals surface area contributed by atoms with Gasteiger partial charge in [0.15, 0.2) is 11.0 Å². The SMILES string of the molecule is Cc1ccc(Cl)cc1NC(=O)CSc1nnc(COc2ccc(Br)cc2)n1C. The number of hydrogen-bond donors (Lipinski definition) is 1. The average molecular weight is 482 g/mol. The van der Waals surface area contributed by atoms with Gasteiger partial charge in [0.05, 0.1) is 5.75 Å². The lowest BCUT2D eigenvalue weighted by molar-refractivity contribution is -0.113. The number of aromatic nitrogens is 3. The molecule has 1 aromatic heterocycles. The Morgan fingerprint density at radius 1 is 1.25 bits per heavy atom. The molecule has 0 atom stereocenters. The predicted molar refractivity (Wildman–Crippen MR) is 115 cm³/mol. The molecule has 0 aliphatic rings. The summed E-state index contributed by atoms with van der Waals surface area (Å²) >= 11 is 10.7. The Hall–Kier alpha value is -2.03. The molecule has 3 rings (SSSR count). The van der Waals surface area contributed by atoms with Crippen LogP contribution in [0.2, 0.25) is 5.02 Å². The third kappa shape index (κ3) is 5.50. The molecule has 6 nitrogen and oxygen atoms in total. The van der Waals surface area contributed by atoms with Crippen LogP contribution in [0.3, 0.4) is 0 Å². The first kappa shape index (κ1) is 20.7. The summed E-state index contributed by atoms with van der Waals surface area (Å²) in [4.78, 5) is 12.2. The average Bonchev–Trinajstić information content (AvgIpc) is 3.02. The van der Waals surface area contributed by atoms with Crippen LogP contribution in [0, 0.1) is 6.92 Å². The Bertz CT molecular complexity index is 979. The largest absolute Gasteiger partial charge is 0.486 e. The third-order valence-corrected chi connectivity index (χ3v) is 5.70. The Morgan fingerprint density at radius 3 is 2.75 bits per heavy atom. The molecule has 0 aliphatic carbocycles. The number of carbonyl (C=O) groups excluding carboxylic acids is 1. The van der Waals surface area contributed by atoms with Crippen molar-refractivity contribution in [1.82, 2.24) is 14.8 Å². The smallest absolute Gasteiger partial charge is 0.234 e. The summed E-state index contributed by atoms with van der Waals surface area (Å²) in [5.74, 6) is 1.50. The van der Waals surface area contributed by atoms with Gasteiger partial charge < -0.3 is 14.6 Å². The van der Waals surface area contributed by atoms with Crippen molar-refractivity contribution in [2.24, 2.45) is 7.05 Å². The first-order chi connectivity index (χ1) is 13.4. The topological polar surface area (TPSA) is 69.0 Å². The molecule has 0 bridgehead atoms. The summed E-state index contributed by atoms with van der Waals surface area (Å²) in [5.41, 5.74) is 1.66. The van der Waals surface area contributed by atoms with Gasteiger partial charge in [-0.15, -0.1) is 10.2 Å². The van der Waals surface area contributed by atoms with Gasteiger partial charge in [0.1, 0.15) is 12.4 Å². The van der Waals surface area contributed by atoms with Gasteiger partial charge in [-0.25, -0.2) is 0 Å². The molecule has 28 heavy (non-hydrogen) atoms. The number of nitrogens with one attached hydrogen (secondary N) is 1. The molecule has 1 N–H and O–H groups in total. The highest BCUT2D eigenvalue weighted by atomic mass is 79.9. The van der Waals surface area contributed by atoms with E-state index in [1.165, 1.54) is 11.8 Å². The molecular formula is C19H18BrClN4O2S. The van der Waals surface area contributed by atoms with Crippen molar-refractivity contribution in [2.45, 2.75) is 18.7 Å². The van der Waals surface area contributed by atoms with Gasteiger partial charge in [-0.05, 0) is 48.9 Å². The van der Waals surface area contributed by atoms with E-state index >= 15 is 0 Å². The zero-order valence-corrected chi connectivity index (χ0v) is 18.4. The van der Waals surface area contributed by atoms with E-state index in [-0.39, 0.29) is 11.7 Å². The Morgan fingerprint density at radius 2 is 2.00 bits per heavy atom. The van der Waals surface area contributed by atoms with Crippen LogP contribution in [0.4, 0.5) is 5.69 Å². The van der Waals surface area contributed by atoms with Crippen molar-refractivity contribution in [3.05, 3.63) is 63.3 Å². The quantitative estimate of drug-likeness (QED) is 0.489. The zero-order chi connectivity index (χ0) is 20.1. The molecule has 0 spiro atoms. The predicted octanol–water partition coefficient (Wildman–Crippen LogP) is 4.85. The fourth-order valence-corrected chi connectivity index (χ4v) is 3.49. The number of halogens is 2. The maximum absolute atomic E-state index is 12.2. The van der Waals surface area contributed by atoms with Gasteiger partial charge in [-0.2, -0.15) is 0 Å². The second kappa shape index (κ2) is 9.45. The summed E-state index contributed by atoms with van der Waals surface area (Å²) in [6.07, 6.45) is 0. The van der Waals surface area contributed by atoms with Gasteiger partial charge in [0.25, 0.3) is 0 Å². The minimum atomic E-state index is -0.133. The van der Waals surface area contributed by atoms with Gasteiger partial charge in [-0.3, -0.25) is 4.79 Å². The summed E-state index contributed by atoms with van der Waals surface area (Å²) in [5, 5.41) is 12.4. The zero-order valence-electron chi connectivity index (χ0n) is 15.3. The van der Waals surface area contributed by atoms with E-state index in [2.05, 4.69) is 31.4 Å². The first-order valence-corrected chi connectivity index (χ1v) is 10.5. The molecule has 1 amide bonds. The van der Waals surface area contributed by atoms with E-state index in [0.29, 0.717) is 28.3 Å². The number of aryl methyl sites for hydroxylation is 1. The van der Waals surface area contributed by atoms with Crippen LogP contribution < -0.4 is 10.1 Å². The molecule has 0 unspecified atom stereocenters. The lowest BCUT2D eigenvalue weighted by Gasteiger charge is -2.09. The third-order valence-electron chi connectivity index (χ3n) is 3.91. The van der Waals surface area contributed by atoms with E-state index in [1.807, 2.05) is 48.9 Å². The number of ether oxygens (including phenoxy) is 1. The van der Waals surface area contributed by atoms with Crippen molar-refractivity contribution in [1.29, 1.82) is 0 Å². The molecule has 0 saturated carbocycles. The maximum Gasteiger partial charge on any atom is 0.234 e. The summed E-state index contributed by atoms with van der Waals surface area (Å²) in [6.45, 7) is 2.21. The molecule has 0 radical (unpaired) electrons. The van der Waals surface area contributed by atoms with E-state index in [4.69, 9.17) is 16.3 Å². The molecule has 3 aromatic rings. The second-order valence-electron chi connectivity index (χ2n) is 6.00. The van der Waals surface area contributed by atoms with E-state index < -0.39 is 0 Å². The van der Waals surface area contributed by atoms with Crippen molar-refractivity contribution in [3.63, 3.8) is 0 Å². The van der Waals surface area contributed by atoms with Crippen LogP contribution >= 0.6 is 39.3 Å². The molecule has 9 heteroatoms. The highest BCUT2D eigenvalue weighted by Gasteiger charge is 2.13. The van der Waals surface area contributed by atoms with Crippen LogP contribution in [-0.4, -0.2) is 26.4 Å². The molecule has 0 saturated heterocycles. The number of anilines is 1. The first-order valence-electron chi connectivity index (χ1n) is 8.38. The highest BCUT2D eigenvalue weighted by Crippen LogP contribution is 2.22. The normalized spacial score (nSPS) is 10.7.